The van der Waals surface area contributed by atoms with Crippen LogP contribution in [0.4, 0.5) is 4.79 Å². The average molecular weight is 204 g/mol. The topological polar surface area (TPSA) is 84.6 Å². The summed E-state index contributed by atoms with van der Waals surface area (Å²) in [5.74, 6) is 0. The number of hydrogen-bond donors (Lipinski definition) is 3. The van der Waals surface area contributed by atoms with Crippen LogP contribution in [0.5, 0.6) is 0 Å². The van der Waals surface area contributed by atoms with Crippen molar-refractivity contribution in [3.8, 4) is 0 Å². The summed E-state index contributed by atoms with van der Waals surface area (Å²) in [5, 5.41) is 11.0. The highest BCUT2D eigenvalue weighted by Crippen LogP contribution is 1.98. The van der Waals surface area contributed by atoms with Crippen LogP contribution < -0.4 is 11.1 Å². The summed E-state index contributed by atoms with van der Waals surface area (Å²) in [6, 6.07) is 0. The van der Waals surface area contributed by atoms with Gasteiger partial charge in [-0.1, -0.05) is 6.42 Å². The predicted octanol–water partition coefficient (Wildman–Crippen LogP) is 0.224. The van der Waals surface area contributed by atoms with Crippen molar-refractivity contribution in [2.24, 2.45) is 5.73 Å². The monoisotopic (exact) mass is 204 g/mol. The average Bonchev–Trinajstić information content (AvgIpc) is 2.20. The minimum absolute atomic E-state index is 0.234. The Morgan fingerprint density at radius 2 is 2.00 bits per heavy atom. The summed E-state index contributed by atoms with van der Waals surface area (Å²) in [7, 11) is 0. The lowest BCUT2D eigenvalue weighted by molar-refractivity contribution is 0.144. The third kappa shape index (κ3) is 9.28. The lowest BCUT2D eigenvalue weighted by atomic mass is 10.2. The van der Waals surface area contributed by atoms with Crippen LogP contribution in [-0.4, -0.2) is 37.5 Å². The molecular weight excluding hydrogens is 184 g/mol. The fourth-order valence-corrected chi connectivity index (χ4v) is 0.958. The van der Waals surface area contributed by atoms with Crippen molar-refractivity contribution in [1.82, 2.24) is 5.32 Å². The molecule has 0 heterocycles. The van der Waals surface area contributed by atoms with E-state index in [-0.39, 0.29) is 6.61 Å². The third-order valence-electron chi connectivity index (χ3n) is 1.70. The Labute approximate surface area is 84.6 Å². The highest BCUT2D eigenvalue weighted by Gasteiger charge is 1.98. The van der Waals surface area contributed by atoms with E-state index in [9.17, 15) is 4.79 Å². The molecule has 84 valence electrons. The van der Waals surface area contributed by atoms with E-state index >= 15 is 0 Å². The van der Waals surface area contributed by atoms with Gasteiger partial charge in [0.1, 0.15) is 0 Å². The first-order valence-electron chi connectivity index (χ1n) is 5.02. The SMILES string of the molecule is NCCNC(=O)OCCCCCCO. The number of aliphatic hydroxyl groups is 1. The minimum Gasteiger partial charge on any atom is -0.450 e. The van der Waals surface area contributed by atoms with Gasteiger partial charge in [0.2, 0.25) is 0 Å². The summed E-state index contributed by atoms with van der Waals surface area (Å²) in [5.41, 5.74) is 5.19. The first-order valence-corrected chi connectivity index (χ1v) is 5.02. The van der Waals surface area contributed by atoms with Gasteiger partial charge in [-0.3, -0.25) is 0 Å². The molecule has 0 aromatic rings. The van der Waals surface area contributed by atoms with E-state index < -0.39 is 6.09 Å². The van der Waals surface area contributed by atoms with E-state index in [2.05, 4.69) is 5.32 Å². The molecule has 1 amide bonds. The van der Waals surface area contributed by atoms with Gasteiger partial charge >= 0.3 is 6.09 Å². The van der Waals surface area contributed by atoms with E-state index in [1.165, 1.54) is 0 Å². The van der Waals surface area contributed by atoms with Gasteiger partial charge in [0, 0.05) is 19.7 Å². The van der Waals surface area contributed by atoms with Crippen LogP contribution in [0.25, 0.3) is 0 Å². The third-order valence-corrected chi connectivity index (χ3v) is 1.70. The fourth-order valence-electron chi connectivity index (χ4n) is 0.958. The van der Waals surface area contributed by atoms with Gasteiger partial charge < -0.3 is 20.9 Å². The van der Waals surface area contributed by atoms with Gasteiger partial charge in [0.15, 0.2) is 0 Å². The van der Waals surface area contributed by atoms with Crippen molar-refractivity contribution in [3.63, 3.8) is 0 Å². The Balaban J connectivity index is 3.07. The molecule has 0 aromatic carbocycles. The Morgan fingerprint density at radius 1 is 1.29 bits per heavy atom. The Morgan fingerprint density at radius 3 is 2.64 bits per heavy atom. The normalized spacial score (nSPS) is 9.86. The number of carbonyl (C=O) groups excluding carboxylic acids is 1. The molecule has 0 aliphatic carbocycles. The van der Waals surface area contributed by atoms with E-state index in [1.54, 1.807) is 0 Å². The molecule has 0 saturated heterocycles. The molecule has 0 bridgehead atoms. The number of aliphatic hydroxyl groups excluding tert-OH is 1. The smallest absolute Gasteiger partial charge is 0.407 e. The molecule has 0 atom stereocenters. The number of nitrogens with one attached hydrogen (secondary N) is 1. The molecule has 0 radical (unpaired) electrons. The number of nitrogens with two attached hydrogens (primary N) is 1. The zero-order valence-electron chi connectivity index (χ0n) is 8.50. The van der Waals surface area contributed by atoms with Gasteiger partial charge in [-0.25, -0.2) is 4.79 Å². The summed E-state index contributed by atoms with van der Waals surface area (Å²) >= 11 is 0. The van der Waals surface area contributed by atoms with Crippen LogP contribution in [0.2, 0.25) is 0 Å². The quantitative estimate of drug-likeness (QED) is 0.494. The van der Waals surface area contributed by atoms with E-state index in [0.29, 0.717) is 19.7 Å². The molecule has 0 saturated carbocycles. The molecule has 0 aromatic heterocycles. The predicted molar refractivity (Wildman–Crippen MR) is 54.0 cm³/mol. The molecule has 5 heteroatoms. The van der Waals surface area contributed by atoms with Crippen molar-refractivity contribution < 1.29 is 14.6 Å². The lowest BCUT2D eigenvalue weighted by Gasteiger charge is -2.05. The first-order chi connectivity index (χ1) is 6.81. The van der Waals surface area contributed by atoms with Crippen LogP contribution in [0.15, 0.2) is 0 Å². The Bertz CT molecular complexity index is 142. The Kier molecular flexibility index (Phi) is 9.68. The van der Waals surface area contributed by atoms with Gasteiger partial charge in [-0.2, -0.15) is 0 Å². The zero-order chi connectivity index (χ0) is 10.6. The van der Waals surface area contributed by atoms with Crippen LogP contribution in [-0.2, 0) is 4.74 Å². The molecule has 4 N–H and O–H groups in total. The maximum atomic E-state index is 10.9. The number of hydrogen-bond acceptors (Lipinski definition) is 4. The number of ether oxygens (including phenoxy) is 1. The lowest BCUT2D eigenvalue weighted by Crippen LogP contribution is -2.29. The first kappa shape index (κ1) is 13.2. The van der Waals surface area contributed by atoms with Gasteiger partial charge in [0.05, 0.1) is 6.61 Å². The summed E-state index contributed by atoms with van der Waals surface area (Å²) < 4.78 is 4.86. The van der Waals surface area contributed by atoms with Crippen molar-refractivity contribution in [2.45, 2.75) is 25.7 Å². The number of carbonyl (C=O) groups is 1. The van der Waals surface area contributed by atoms with Crippen LogP contribution in [0.1, 0.15) is 25.7 Å². The highest BCUT2D eigenvalue weighted by molar-refractivity contribution is 5.66. The standard InChI is InChI=1S/C9H20N2O3/c10-5-6-11-9(13)14-8-4-2-1-3-7-12/h12H,1-8,10H2,(H,11,13). The van der Waals surface area contributed by atoms with Crippen molar-refractivity contribution in [3.05, 3.63) is 0 Å². The van der Waals surface area contributed by atoms with Crippen molar-refractivity contribution in [2.75, 3.05) is 26.3 Å². The number of unbranched alkanes of at least 4 members (excludes halogenated alkanes) is 3. The van der Waals surface area contributed by atoms with Crippen molar-refractivity contribution >= 4 is 6.09 Å². The van der Waals surface area contributed by atoms with E-state index in [1.807, 2.05) is 0 Å². The van der Waals surface area contributed by atoms with Gasteiger partial charge in [-0.05, 0) is 19.3 Å². The molecule has 0 aliphatic rings. The van der Waals surface area contributed by atoms with E-state index in [4.69, 9.17) is 15.6 Å². The second-order valence-electron chi connectivity index (χ2n) is 2.99. The molecule has 0 aliphatic heterocycles. The molecule has 0 spiro atoms. The summed E-state index contributed by atoms with van der Waals surface area (Å²) in [6.45, 7) is 1.54. The van der Waals surface area contributed by atoms with Crippen LogP contribution >= 0.6 is 0 Å². The van der Waals surface area contributed by atoms with Crippen LogP contribution in [0.3, 0.4) is 0 Å². The largest absolute Gasteiger partial charge is 0.450 e. The summed E-state index contributed by atoms with van der Waals surface area (Å²) in [6.07, 6.45) is 3.21. The highest BCUT2D eigenvalue weighted by atomic mass is 16.5. The van der Waals surface area contributed by atoms with Crippen molar-refractivity contribution in [1.29, 1.82) is 0 Å². The van der Waals surface area contributed by atoms with Crippen LogP contribution in [0, 0.1) is 0 Å². The molecule has 0 rings (SSSR count). The molecule has 5 nitrogen and oxygen atoms in total. The minimum atomic E-state index is -0.405. The maximum absolute atomic E-state index is 10.9. The Hall–Kier alpha value is -0.810. The maximum Gasteiger partial charge on any atom is 0.407 e. The van der Waals surface area contributed by atoms with Gasteiger partial charge in [0.25, 0.3) is 0 Å². The van der Waals surface area contributed by atoms with Gasteiger partial charge in [-0.15, -0.1) is 0 Å². The fraction of sp³-hybridized carbons (Fsp3) is 0.889. The second-order valence-corrected chi connectivity index (χ2v) is 2.99. The summed E-state index contributed by atoms with van der Waals surface area (Å²) in [4.78, 5) is 10.9. The molecular formula is C9H20N2O3. The number of rotatable bonds is 8. The number of alkyl carbamates (subject to hydrolysis) is 1. The van der Waals surface area contributed by atoms with E-state index in [0.717, 1.165) is 25.7 Å². The number of amides is 1. The molecule has 0 fully saturated rings. The zero-order valence-corrected chi connectivity index (χ0v) is 8.50. The molecule has 0 unspecified atom stereocenters. The second kappa shape index (κ2) is 10.3. The molecule has 14 heavy (non-hydrogen) atoms.